The third-order valence-corrected chi connectivity index (χ3v) is 4.72. The fourth-order valence-electron chi connectivity index (χ4n) is 2.35. The molecule has 0 aliphatic rings. The monoisotopic (exact) mass is 408 g/mol. The molecule has 8 nitrogen and oxygen atoms in total. The molecule has 0 unspecified atom stereocenters. The van der Waals surface area contributed by atoms with E-state index >= 15 is 0 Å². The molecule has 29 heavy (non-hydrogen) atoms. The van der Waals surface area contributed by atoms with Crippen LogP contribution in [-0.4, -0.2) is 50.8 Å². The molecule has 1 aromatic heterocycles. The maximum absolute atomic E-state index is 4.20. The number of nitrogens with zero attached hydrogens (tertiary/aromatic N) is 6. The maximum atomic E-state index is 4.20. The molecule has 9 heteroatoms. The Morgan fingerprint density at radius 3 is 1.41 bits per heavy atom. The minimum atomic E-state index is 0.583. The van der Waals surface area contributed by atoms with E-state index in [-0.39, 0.29) is 0 Å². The van der Waals surface area contributed by atoms with E-state index in [9.17, 15) is 0 Å². The second-order valence-electron chi connectivity index (χ2n) is 6.62. The third-order valence-electron chi connectivity index (χ3n) is 3.99. The van der Waals surface area contributed by atoms with Crippen molar-refractivity contribution in [3.8, 4) is 0 Å². The lowest BCUT2D eigenvalue weighted by molar-refractivity contribution is 1.07. The minimum Gasteiger partial charge on any atom is -0.378 e. The number of anilines is 4. The molecule has 0 aliphatic heterocycles. The first-order valence-corrected chi connectivity index (χ1v) is 9.79. The summed E-state index contributed by atoms with van der Waals surface area (Å²) in [6.45, 7) is 0. The highest BCUT2D eigenvalue weighted by Gasteiger charge is 2.01. The summed E-state index contributed by atoms with van der Waals surface area (Å²) in [5, 5.41) is 17.6. The first kappa shape index (κ1) is 20.3. The summed E-state index contributed by atoms with van der Waals surface area (Å²) in [5.41, 5.74) is 10.0. The summed E-state index contributed by atoms with van der Waals surface area (Å²) < 4.78 is 0. The van der Waals surface area contributed by atoms with E-state index < -0.39 is 0 Å². The minimum absolute atomic E-state index is 0.583. The molecule has 0 bridgehead atoms. The Hall–Kier alpha value is -3.46. The molecule has 2 N–H and O–H groups in total. The van der Waals surface area contributed by atoms with Gasteiger partial charge in [-0.15, -0.1) is 10.2 Å². The number of hydrazone groups is 2. The van der Waals surface area contributed by atoms with E-state index in [0.717, 1.165) is 22.5 Å². The number of aromatic nitrogens is 2. The third kappa shape index (κ3) is 6.01. The SMILES string of the molecule is CN(C)c1ccc(/C=N/Nc2nnc(N/N=C/c3ccc(N(C)C)cc3)s2)cc1. The topological polar surface area (TPSA) is 81.0 Å². The largest absolute Gasteiger partial charge is 0.378 e. The average molecular weight is 409 g/mol. The van der Waals surface area contributed by atoms with Crippen LogP contribution in [0.1, 0.15) is 11.1 Å². The lowest BCUT2D eigenvalue weighted by Crippen LogP contribution is -2.08. The van der Waals surface area contributed by atoms with Gasteiger partial charge in [-0.05, 0) is 35.4 Å². The Labute approximate surface area is 174 Å². The van der Waals surface area contributed by atoms with E-state index in [2.05, 4.69) is 41.1 Å². The molecule has 0 fully saturated rings. The average Bonchev–Trinajstić information content (AvgIpc) is 3.16. The summed E-state index contributed by atoms with van der Waals surface area (Å²) in [5.74, 6) is 0. The zero-order valence-corrected chi connectivity index (χ0v) is 17.7. The zero-order valence-electron chi connectivity index (χ0n) is 16.9. The van der Waals surface area contributed by atoms with Crippen LogP contribution in [0.3, 0.4) is 0 Å². The van der Waals surface area contributed by atoms with Gasteiger partial charge in [0.2, 0.25) is 10.3 Å². The molecule has 3 aromatic rings. The fourth-order valence-corrected chi connectivity index (χ4v) is 2.90. The van der Waals surface area contributed by atoms with Gasteiger partial charge in [-0.2, -0.15) is 10.2 Å². The second kappa shape index (κ2) is 9.65. The first-order valence-electron chi connectivity index (χ1n) is 8.98. The molecule has 0 saturated heterocycles. The smallest absolute Gasteiger partial charge is 0.227 e. The van der Waals surface area contributed by atoms with Gasteiger partial charge in [0.1, 0.15) is 0 Å². The summed E-state index contributed by atoms with van der Waals surface area (Å²) >= 11 is 1.33. The van der Waals surface area contributed by atoms with E-state index in [1.54, 1.807) is 12.4 Å². The van der Waals surface area contributed by atoms with Gasteiger partial charge >= 0.3 is 0 Å². The van der Waals surface area contributed by atoms with Crippen molar-refractivity contribution in [3.63, 3.8) is 0 Å². The molecule has 0 aliphatic carbocycles. The van der Waals surface area contributed by atoms with Crippen LogP contribution >= 0.6 is 11.3 Å². The van der Waals surface area contributed by atoms with Gasteiger partial charge in [0.25, 0.3) is 0 Å². The van der Waals surface area contributed by atoms with Crippen molar-refractivity contribution in [2.24, 2.45) is 10.2 Å². The van der Waals surface area contributed by atoms with Gasteiger partial charge < -0.3 is 9.80 Å². The molecular weight excluding hydrogens is 384 g/mol. The summed E-state index contributed by atoms with van der Waals surface area (Å²) in [6, 6.07) is 16.2. The summed E-state index contributed by atoms with van der Waals surface area (Å²) in [4.78, 5) is 4.10. The Morgan fingerprint density at radius 2 is 1.07 bits per heavy atom. The van der Waals surface area contributed by atoms with Gasteiger partial charge in [-0.25, -0.2) is 0 Å². The van der Waals surface area contributed by atoms with Crippen molar-refractivity contribution in [2.45, 2.75) is 0 Å². The number of benzene rings is 2. The van der Waals surface area contributed by atoms with Crippen LogP contribution in [0, 0.1) is 0 Å². The van der Waals surface area contributed by atoms with Crippen LogP contribution in [0.4, 0.5) is 21.6 Å². The highest BCUT2D eigenvalue weighted by atomic mass is 32.1. The Morgan fingerprint density at radius 1 is 0.690 bits per heavy atom. The quantitative estimate of drug-likeness (QED) is 0.438. The molecule has 0 saturated carbocycles. The first-order chi connectivity index (χ1) is 14.0. The van der Waals surface area contributed by atoms with Gasteiger partial charge in [0.15, 0.2) is 0 Å². The number of rotatable bonds is 8. The molecule has 0 radical (unpaired) electrons. The predicted molar refractivity (Wildman–Crippen MR) is 124 cm³/mol. The maximum Gasteiger partial charge on any atom is 0.227 e. The standard InChI is InChI=1S/C20H24N8S/c1-27(2)17-9-5-15(6-10-17)13-21-23-19-25-26-20(29-19)24-22-14-16-7-11-18(12-8-16)28(3)4/h5-14H,1-4H3,(H,23,25)(H,24,26)/b21-13+,22-14+. The molecule has 0 amide bonds. The van der Waals surface area contributed by atoms with Crippen molar-refractivity contribution >= 4 is 45.4 Å². The normalized spacial score (nSPS) is 11.2. The lowest BCUT2D eigenvalue weighted by Gasteiger charge is -2.11. The second-order valence-corrected chi connectivity index (χ2v) is 7.60. The highest BCUT2D eigenvalue weighted by Crippen LogP contribution is 2.20. The van der Waals surface area contributed by atoms with Crippen LogP contribution in [0.5, 0.6) is 0 Å². The van der Waals surface area contributed by atoms with Crippen LogP contribution in [0.25, 0.3) is 0 Å². The molecule has 2 aromatic carbocycles. The van der Waals surface area contributed by atoms with Crippen LogP contribution in [0.2, 0.25) is 0 Å². The van der Waals surface area contributed by atoms with Gasteiger partial charge in [0, 0.05) is 39.6 Å². The molecule has 1 heterocycles. The number of nitrogens with one attached hydrogen (secondary N) is 2. The Bertz CT molecular complexity index is 881. The molecule has 0 spiro atoms. The predicted octanol–water partition coefficient (Wildman–Crippen LogP) is 3.56. The van der Waals surface area contributed by atoms with Gasteiger partial charge in [0.05, 0.1) is 12.4 Å². The number of hydrogen-bond acceptors (Lipinski definition) is 9. The summed E-state index contributed by atoms with van der Waals surface area (Å²) in [7, 11) is 8.04. The van der Waals surface area contributed by atoms with E-state index in [1.165, 1.54) is 11.3 Å². The summed E-state index contributed by atoms with van der Waals surface area (Å²) in [6.07, 6.45) is 3.48. The van der Waals surface area contributed by atoms with Crippen molar-refractivity contribution in [2.75, 3.05) is 48.8 Å². The van der Waals surface area contributed by atoms with Crippen LogP contribution in [0.15, 0.2) is 58.7 Å². The zero-order chi connectivity index (χ0) is 20.6. The van der Waals surface area contributed by atoms with E-state index in [0.29, 0.717) is 10.3 Å². The van der Waals surface area contributed by atoms with E-state index in [4.69, 9.17) is 0 Å². The van der Waals surface area contributed by atoms with Crippen molar-refractivity contribution in [1.82, 2.24) is 10.2 Å². The van der Waals surface area contributed by atoms with Gasteiger partial charge in [-0.3, -0.25) is 10.9 Å². The molecular formula is C20H24N8S. The van der Waals surface area contributed by atoms with Crippen molar-refractivity contribution in [1.29, 1.82) is 0 Å². The lowest BCUT2D eigenvalue weighted by atomic mass is 10.2. The fraction of sp³-hybridized carbons (Fsp3) is 0.200. The van der Waals surface area contributed by atoms with E-state index in [1.807, 2.05) is 76.7 Å². The van der Waals surface area contributed by atoms with Crippen molar-refractivity contribution < 1.29 is 0 Å². The van der Waals surface area contributed by atoms with Gasteiger partial charge in [-0.1, -0.05) is 35.6 Å². The van der Waals surface area contributed by atoms with Crippen LogP contribution in [-0.2, 0) is 0 Å². The molecule has 3 rings (SSSR count). The highest BCUT2D eigenvalue weighted by molar-refractivity contribution is 7.18. The molecule has 150 valence electrons. The molecule has 0 atom stereocenters. The van der Waals surface area contributed by atoms with Crippen molar-refractivity contribution in [3.05, 3.63) is 59.7 Å². The Balaban J connectivity index is 1.50. The van der Waals surface area contributed by atoms with Crippen LogP contribution < -0.4 is 20.7 Å². The Kier molecular flexibility index (Phi) is 6.75. The number of hydrogen-bond donors (Lipinski definition) is 2.